The monoisotopic (exact) mass is 316 g/mol. The fourth-order valence-electron chi connectivity index (χ4n) is 1.95. The normalized spacial score (nSPS) is 10.0. The van der Waals surface area contributed by atoms with E-state index in [2.05, 4.69) is 50.4 Å². The standard InChI is InChI=1S/C16H16N2Se/c1-11-7-8-14(18-10-17)15(9-11)19-16-12(2)5-4-6-13(16)3/h4-9,18H,1-3H3. The zero-order valence-corrected chi connectivity index (χ0v) is 13.0. The Balaban J connectivity index is 2.43. The van der Waals surface area contributed by atoms with Crippen LogP contribution in [0.3, 0.4) is 0 Å². The first-order valence-corrected chi connectivity index (χ1v) is 7.83. The zero-order valence-electron chi connectivity index (χ0n) is 11.3. The number of aryl methyl sites for hydroxylation is 3. The molecule has 0 spiro atoms. The fourth-order valence-corrected chi connectivity index (χ4v) is 4.36. The van der Waals surface area contributed by atoms with E-state index >= 15 is 0 Å². The molecule has 0 saturated carbocycles. The molecule has 19 heavy (non-hydrogen) atoms. The minimum absolute atomic E-state index is 0.209. The molecule has 0 amide bonds. The number of nitrogens with zero attached hydrogens (tertiary/aromatic N) is 1. The van der Waals surface area contributed by atoms with Crippen LogP contribution >= 0.6 is 0 Å². The summed E-state index contributed by atoms with van der Waals surface area (Å²) in [6, 6.07) is 12.6. The number of nitriles is 1. The van der Waals surface area contributed by atoms with Crippen molar-refractivity contribution in [3.63, 3.8) is 0 Å². The summed E-state index contributed by atoms with van der Waals surface area (Å²) in [6.45, 7) is 6.38. The Morgan fingerprint density at radius 1 is 1.05 bits per heavy atom. The maximum absolute atomic E-state index is 8.83. The Labute approximate surface area is 120 Å². The van der Waals surface area contributed by atoms with Crippen molar-refractivity contribution in [3.8, 4) is 6.19 Å². The van der Waals surface area contributed by atoms with Crippen LogP contribution in [0.25, 0.3) is 0 Å². The second kappa shape index (κ2) is 5.93. The molecule has 0 unspecified atom stereocenters. The van der Waals surface area contributed by atoms with E-state index in [0.29, 0.717) is 0 Å². The Morgan fingerprint density at radius 2 is 1.74 bits per heavy atom. The van der Waals surface area contributed by atoms with Crippen LogP contribution in [-0.2, 0) is 0 Å². The molecule has 1 N–H and O–H groups in total. The van der Waals surface area contributed by atoms with Gasteiger partial charge in [-0.1, -0.05) is 0 Å². The summed E-state index contributed by atoms with van der Waals surface area (Å²) >= 11 is 0.209. The van der Waals surface area contributed by atoms with Gasteiger partial charge >= 0.3 is 120 Å². The first kappa shape index (κ1) is 13.7. The van der Waals surface area contributed by atoms with Crippen LogP contribution in [0.1, 0.15) is 16.7 Å². The van der Waals surface area contributed by atoms with Crippen LogP contribution in [0, 0.1) is 32.2 Å². The number of anilines is 1. The average molecular weight is 315 g/mol. The van der Waals surface area contributed by atoms with E-state index in [1.54, 1.807) is 0 Å². The molecule has 0 heterocycles. The third kappa shape index (κ3) is 3.17. The molecule has 0 bridgehead atoms. The molecule has 0 radical (unpaired) electrons. The Bertz CT molecular complexity index is 621. The number of rotatable bonds is 3. The Morgan fingerprint density at radius 3 is 2.37 bits per heavy atom. The predicted octanol–water partition coefficient (Wildman–Crippen LogP) is 2.16. The first-order valence-electron chi connectivity index (χ1n) is 6.11. The molecule has 0 saturated heterocycles. The minimum atomic E-state index is 0.209. The van der Waals surface area contributed by atoms with Gasteiger partial charge in [0.15, 0.2) is 0 Å². The number of nitrogens with one attached hydrogen (secondary N) is 1. The third-order valence-electron chi connectivity index (χ3n) is 2.95. The number of benzene rings is 2. The first-order chi connectivity index (χ1) is 9.11. The molecular weight excluding hydrogens is 299 g/mol. The molecule has 2 aromatic rings. The van der Waals surface area contributed by atoms with Crippen molar-refractivity contribution in [1.29, 1.82) is 5.26 Å². The molecule has 2 rings (SSSR count). The summed E-state index contributed by atoms with van der Waals surface area (Å²) < 4.78 is 2.63. The predicted molar refractivity (Wildman–Crippen MR) is 81.4 cm³/mol. The summed E-state index contributed by atoms with van der Waals surface area (Å²) in [6.07, 6.45) is 2.02. The zero-order chi connectivity index (χ0) is 13.8. The second-order valence-corrected chi connectivity index (χ2v) is 6.77. The van der Waals surface area contributed by atoms with Gasteiger partial charge < -0.3 is 0 Å². The molecule has 96 valence electrons. The maximum atomic E-state index is 8.83. The molecule has 0 fully saturated rings. The van der Waals surface area contributed by atoms with Crippen LogP contribution in [0.2, 0.25) is 0 Å². The third-order valence-corrected chi connectivity index (χ3v) is 5.90. The van der Waals surface area contributed by atoms with E-state index in [-0.39, 0.29) is 15.0 Å². The van der Waals surface area contributed by atoms with Crippen LogP contribution in [0.5, 0.6) is 0 Å². The van der Waals surface area contributed by atoms with Crippen molar-refractivity contribution < 1.29 is 0 Å². The van der Waals surface area contributed by atoms with Crippen molar-refractivity contribution in [2.75, 3.05) is 5.32 Å². The van der Waals surface area contributed by atoms with Crippen LogP contribution < -0.4 is 14.2 Å². The van der Waals surface area contributed by atoms with E-state index in [1.807, 2.05) is 18.3 Å². The van der Waals surface area contributed by atoms with Gasteiger partial charge in [-0.05, 0) is 0 Å². The molecule has 2 aromatic carbocycles. The van der Waals surface area contributed by atoms with Gasteiger partial charge in [0.05, 0.1) is 0 Å². The van der Waals surface area contributed by atoms with E-state index in [4.69, 9.17) is 5.26 Å². The van der Waals surface area contributed by atoms with Crippen LogP contribution in [0.15, 0.2) is 36.4 Å². The van der Waals surface area contributed by atoms with Crippen molar-refractivity contribution in [3.05, 3.63) is 53.1 Å². The molecule has 3 heteroatoms. The van der Waals surface area contributed by atoms with E-state index in [1.165, 1.54) is 25.6 Å². The van der Waals surface area contributed by atoms with Crippen LogP contribution in [0.4, 0.5) is 5.69 Å². The summed E-state index contributed by atoms with van der Waals surface area (Å²) in [5.41, 5.74) is 4.80. The van der Waals surface area contributed by atoms with Gasteiger partial charge in [0.2, 0.25) is 0 Å². The quantitative estimate of drug-likeness (QED) is 0.535. The molecule has 0 aliphatic carbocycles. The van der Waals surface area contributed by atoms with Gasteiger partial charge in [0.25, 0.3) is 0 Å². The summed E-state index contributed by atoms with van der Waals surface area (Å²) in [5, 5.41) is 11.6. The summed E-state index contributed by atoms with van der Waals surface area (Å²) in [4.78, 5) is 0. The van der Waals surface area contributed by atoms with Gasteiger partial charge in [0.1, 0.15) is 0 Å². The van der Waals surface area contributed by atoms with Crippen molar-refractivity contribution in [1.82, 2.24) is 0 Å². The summed E-state index contributed by atoms with van der Waals surface area (Å²) in [7, 11) is 0. The van der Waals surface area contributed by atoms with Gasteiger partial charge in [-0.3, -0.25) is 0 Å². The fraction of sp³-hybridized carbons (Fsp3) is 0.188. The summed E-state index contributed by atoms with van der Waals surface area (Å²) in [5.74, 6) is 0. The van der Waals surface area contributed by atoms with Crippen LogP contribution in [-0.4, -0.2) is 15.0 Å². The van der Waals surface area contributed by atoms with E-state index in [0.717, 1.165) is 5.69 Å². The number of hydrogen-bond donors (Lipinski definition) is 1. The van der Waals surface area contributed by atoms with Crippen molar-refractivity contribution in [2.24, 2.45) is 0 Å². The molecule has 0 aliphatic heterocycles. The molecular formula is C16H16N2Se. The second-order valence-electron chi connectivity index (χ2n) is 4.56. The van der Waals surface area contributed by atoms with Crippen molar-refractivity contribution in [2.45, 2.75) is 20.8 Å². The topological polar surface area (TPSA) is 35.8 Å². The Hall–Kier alpha value is -1.75. The SMILES string of the molecule is Cc1ccc(NC#N)c([Se]c2c(C)cccc2C)c1. The van der Waals surface area contributed by atoms with E-state index < -0.39 is 0 Å². The van der Waals surface area contributed by atoms with Gasteiger partial charge in [-0.25, -0.2) is 0 Å². The van der Waals surface area contributed by atoms with Gasteiger partial charge in [-0.2, -0.15) is 0 Å². The molecule has 0 aliphatic rings. The van der Waals surface area contributed by atoms with Crippen molar-refractivity contribution >= 4 is 29.6 Å². The van der Waals surface area contributed by atoms with E-state index in [9.17, 15) is 0 Å². The molecule has 0 atom stereocenters. The van der Waals surface area contributed by atoms with Gasteiger partial charge in [0, 0.05) is 0 Å². The molecule has 2 nitrogen and oxygen atoms in total. The number of hydrogen-bond acceptors (Lipinski definition) is 2. The molecule has 0 aromatic heterocycles. The average Bonchev–Trinajstić information content (AvgIpc) is 2.37. The Kier molecular flexibility index (Phi) is 4.27. The van der Waals surface area contributed by atoms with Gasteiger partial charge in [-0.15, -0.1) is 0 Å².